The van der Waals surface area contributed by atoms with Crippen molar-refractivity contribution in [3.05, 3.63) is 65.5 Å². The number of nitrogens with zero attached hydrogens (tertiary/aromatic N) is 1. The highest BCUT2D eigenvalue weighted by molar-refractivity contribution is 5.80. The summed E-state index contributed by atoms with van der Waals surface area (Å²) < 4.78 is 43.0. The zero-order valence-electron chi connectivity index (χ0n) is 13.0. The third-order valence-electron chi connectivity index (χ3n) is 4.22. The SMILES string of the molecule is CCOC(=O)[C@@H]1[C@H](c2ccccc2)[C@H]1c1ccc(C(F)(F)F)nc1. The summed E-state index contributed by atoms with van der Waals surface area (Å²) in [5.41, 5.74) is 0.659. The van der Waals surface area contributed by atoms with E-state index < -0.39 is 11.9 Å². The number of ether oxygens (including phenoxy) is 1. The Morgan fingerprint density at radius 3 is 2.29 bits per heavy atom. The average molecular weight is 335 g/mol. The van der Waals surface area contributed by atoms with Crippen molar-refractivity contribution in [1.29, 1.82) is 0 Å². The first-order chi connectivity index (χ1) is 11.4. The number of benzene rings is 1. The third-order valence-corrected chi connectivity index (χ3v) is 4.22. The molecule has 1 aromatic carbocycles. The number of carbonyl (C=O) groups excluding carboxylic acids is 1. The van der Waals surface area contributed by atoms with Crippen molar-refractivity contribution >= 4 is 5.97 Å². The van der Waals surface area contributed by atoms with Crippen molar-refractivity contribution < 1.29 is 22.7 Å². The minimum absolute atomic E-state index is 0.0937. The Morgan fingerprint density at radius 2 is 1.75 bits per heavy atom. The van der Waals surface area contributed by atoms with Gasteiger partial charge in [-0.2, -0.15) is 13.2 Å². The smallest absolute Gasteiger partial charge is 0.433 e. The van der Waals surface area contributed by atoms with Crippen molar-refractivity contribution in [2.75, 3.05) is 6.61 Å². The van der Waals surface area contributed by atoms with E-state index in [1.54, 1.807) is 6.92 Å². The molecule has 126 valence electrons. The molecule has 0 amide bonds. The summed E-state index contributed by atoms with van der Waals surface area (Å²) in [7, 11) is 0. The molecule has 1 aliphatic rings. The quantitative estimate of drug-likeness (QED) is 0.788. The van der Waals surface area contributed by atoms with Gasteiger partial charge in [-0.15, -0.1) is 0 Å². The topological polar surface area (TPSA) is 39.2 Å². The Labute approximate surface area is 137 Å². The first kappa shape index (κ1) is 16.5. The molecule has 2 aromatic rings. The van der Waals surface area contributed by atoms with Crippen LogP contribution < -0.4 is 0 Å². The predicted octanol–water partition coefficient (Wildman–Crippen LogP) is 4.16. The van der Waals surface area contributed by atoms with E-state index in [2.05, 4.69) is 4.98 Å². The molecule has 1 aliphatic carbocycles. The highest BCUT2D eigenvalue weighted by atomic mass is 19.4. The molecule has 0 bridgehead atoms. The van der Waals surface area contributed by atoms with Crippen LogP contribution in [-0.4, -0.2) is 17.6 Å². The Hall–Kier alpha value is -2.37. The summed E-state index contributed by atoms with van der Waals surface area (Å²) in [4.78, 5) is 15.7. The van der Waals surface area contributed by atoms with Crippen molar-refractivity contribution in [1.82, 2.24) is 4.98 Å². The van der Waals surface area contributed by atoms with Gasteiger partial charge in [0.15, 0.2) is 0 Å². The molecule has 3 atom stereocenters. The second-order valence-electron chi connectivity index (χ2n) is 5.71. The summed E-state index contributed by atoms with van der Waals surface area (Å²) in [5.74, 6) is -1.01. The fourth-order valence-corrected chi connectivity index (χ4v) is 3.12. The van der Waals surface area contributed by atoms with Crippen LogP contribution in [0.4, 0.5) is 13.2 Å². The molecule has 1 heterocycles. The molecule has 1 saturated carbocycles. The Kier molecular flexibility index (Phi) is 4.30. The van der Waals surface area contributed by atoms with Gasteiger partial charge in [0.05, 0.1) is 12.5 Å². The van der Waals surface area contributed by atoms with E-state index in [0.29, 0.717) is 5.56 Å². The molecule has 0 aliphatic heterocycles. The van der Waals surface area contributed by atoms with E-state index in [0.717, 1.165) is 11.6 Å². The summed E-state index contributed by atoms with van der Waals surface area (Å²) >= 11 is 0. The molecule has 0 unspecified atom stereocenters. The van der Waals surface area contributed by atoms with Crippen molar-refractivity contribution in [3.63, 3.8) is 0 Å². The van der Waals surface area contributed by atoms with Crippen LogP contribution in [0, 0.1) is 5.92 Å². The molecule has 1 fully saturated rings. The van der Waals surface area contributed by atoms with E-state index in [1.807, 2.05) is 30.3 Å². The van der Waals surface area contributed by atoms with Crippen molar-refractivity contribution in [2.45, 2.75) is 24.9 Å². The summed E-state index contributed by atoms with van der Waals surface area (Å²) in [6, 6.07) is 11.8. The van der Waals surface area contributed by atoms with Crippen LogP contribution in [0.15, 0.2) is 48.7 Å². The zero-order chi connectivity index (χ0) is 17.3. The number of pyridine rings is 1. The van der Waals surface area contributed by atoms with Crippen LogP contribution in [-0.2, 0) is 15.7 Å². The molecule has 3 nitrogen and oxygen atoms in total. The van der Waals surface area contributed by atoms with Crippen LogP contribution in [0.3, 0.4) is 0 Å². The highest BCUT2D eigenvalue weighted by Crippen LogP contribution is 2.60. The van der Waals surface area contributed by atoms with Gasteiger partial charge in [-0.3, -0.25) is 9.78 Å². The molecule has 6 heteroatoms. The predicted molar refractivity (Wildman–Crippen MR) is 81.3 cm³/mol. The number of rotatable bonds is 4. The van der Waals surface area contributed by atoms with E-state index >= 15 is 0 Å². The molecule has 1 aromatic heterocycles. The lowest BCUT2D eigenvalue weighted by molar-refractivity contribution is -0.145. The minimum atomic E-state index is -4.47. The molecule has 0 saturated heterocycles. The third kappa shape index (κ3) is 3.13. The fourth-order valence-electron chi connectivity index (χ4n) is 3.12. The van der Waals surface area contributed by atoms with Gasteiger partial charge in [0.25, 0.3) is 0 Å². The Bertz CT molecular complexity index is 713. The normalized spacial score (nSPS) is 22.9. The summed E-state index contributed by atoms with van der Waals surface area (Å²) in [6.07, 6.45) is -3.26. The van der Waals surface area contributed by atoms with E-state index in [9.17, 15) is 18.0 Å². The van der Waals surface area contributed by atoms with Crippen LogP contribution in [0.2, 0.25) is 0 Å². The number of carbonyl (C=O) groups is 1. The zero-order valence-corrected chi connectivity index (χ0v) is 13.0. The fraction of sp³-hybridized carbons (Fsp3) is 0.333. The molecule has 0 N–H and O–H groups in total. The van der Waals surface area contributed by atoms with Crippen LogP contribution >= 0.6 is 0 Å². The largest absolute Gasteiger partial charge is 0.466 e. The van der Waals surface area contributed by atoms with Gasteiger partial charge in [0.1, 0.15) is 5.69 Å². The van der Waals surface area contributed by atoms with Gasteiger partial charge in [-0.25, -0.2) is 0 Å². The van der Waals surface area contributed by atoms with E-state index in [-0.39, 0.29) is 30.3 Å². The van der Waals surface area contributed by atoms with Crippen LogP contribution in [0.5, 0.6) is 0 Å². The number of alkyl halides is 3. The summed E-state index contributed by atoms with van der Waals surface area (Å²) in [6.45, 7) is 2.00. The number of hydrogen-bond acceptors (Lipinski definition) is 3. The lowest BCUT2D eigenvalue weighted by Gasteiger charge is -2.06. The maximum atomic E-state index is 12.6. The number of halogens is 3. The highest BCUT2D eigenvalue weighted by Gasteiger charge is 2.57. The van der Waals surface area contributed by atoms with E-state index in [4.69, 9.17) is 4.74 Å². The molecular formula is C18H16F3NO2. The Balaban J connectivity index is 1.88. The molecular weight excluding hydrogens is 319 g/mol. The summed E-state index contributed by atoms with van der Waals surface area (Å²) in [5, 5.41) is 0. The van der Waals surface area contributed by atoms with Gasteiger partial charge in [0.2, 0.25) is 0 Å². The number of esters is 1. The minimum Gasteiger partial charge on any atom is -0.466 e. The van der Waals surface area contributed by atoms with Gasteiger partial charge in [0, 0.05) is 18.0 Å². The number of aromatic nitrogens is 1. The second kappa shape index (κ2) is 6.26. The maximum Gasteiger partial charge on any atom is 0.433 e. The van der Waals surface area contributed by atoms with E-state index in [1.165, 1.54) is 12.3 Å². The first-order valence-electron chi connectivity index (χ1n) is 7.68. The van der Waals surface area contributed by atoms with Crippen LogP contribution in [0.25, 0.3) is 0 Å². The van der Waals surface area contributed by atoms with Gasteiger partial charge in [-0.1, -0.05) is 36.4 Å². The van der Waals surface area contributed by atoms with Gasteiger partial charge in [-0.05, 0) is 24.1 Å². The standard InChI is InChI=1S/C18H16F3NO2/c1-2-24-17(23)16-14(11-6-4-3-5-7-11)15(16)12-8-9-13(22-10-12)18(19,20)21/h3-10,14-16H,2H2,1H3/t14-,15-,16-/m1/s1. The molecule has 0 spiro atoms. The second-order valence-corrected chi connectivity index (χ2v) is 5.71. The maximum absolute atomic E-state index is 12.6. The Morgan fingerprint density at radius 1 is 1.08 bits per heavy atom. The van der Waals surface area contributed by atoms with Crippen LogP contribution in [0.1, 0.15) is 35.6 Å². The van der Waals surface area contributed by atoms with Gasteiger partial charge < -0.3 is 4.74 Å². The molecule has 0 radical (unpaired) electrons. The molecule has 24 heavy (non-hydrogen) atoms. The monoisotopic (exact) mass is 335 g/mol. The lowest BCUT2D eigenvalue weighted by atomic mass is 10.1. The average Bonchev–Trinajstić information content (AvgIpc) is 3.31. The first-order valence-corrected chi connectivity index (χ1v) is 7.68. The molecule has 3 rings (SSSR count). The van der Waals surface area contributed by atoms with Gasteiger partial charge >= 0.3 is 12.1 Å². The van der Waals surface area contributed by atoms with Crippen molar-refractivity contribution in [2.24, 2.45) is 5.92 Å². The lowest BCUT2D eigenvalue weighted by Crippen LogP contribution is -2.09. The van der Waals surface area contributed by atoms with Crippen molar-refractivity contribution in [3.8, 4) is 0 Å². The number of hydrogen-bond donors (Lipinski definition) is 0.